The van der Waals surface area contributed by atoms with Crippen LogP contribution >= 0.6 is 0 Å². The van der Waals surface area contributed by atoms with Gasteiger partial charge >= 0.3 is 5.97 Å². The Labute approximate surface area is 145 Å². The number of hydrogen-bond donors (Lipinski definition) is 0. The number of benzene rings is 2. The van der Waals surface area contributed by atoms with Crippen molar-refractivity contribution in [2.75, 3.05) is 0 Å². The molecule has 0 saturated heterocycles. The average Bonchev–Trinajstić information content (AvgIpc) is 2.52. The highest BCUT2D eigenvalue weighted by molar-refractivity contribution is 7.90. The van der Waals surface area contributed by atoms with Crippen LogP contribution in [0.1, 0.15) is 31.9 Å². The maximum Gasteiger partial charge on any atom is 0.348 e. The van der Waals surface area contributed by atoms with Crippen molar-refractivity contribution < 1.29 is 13.7 Å². The van der Waals surface area contributed by atoms with Crippen LogP contribution in [0.4, 0.5) is 0 Å². The van der Waals surface area contributed by atoms with Crippen molar-refractivity contribution in [3.8, 4) is 0 Å². The fourth-order valence-electron chi connectivity index (χ4n) is 2.01. The van der Waals surface area contributed by atoms with Crippen LogP contribution in [0.3, 0.4) is 0 Å². The largest absolute Gasteiger partial charge is 0.456 e. The molecule has 126 valence electrons. The van der Waals surface area contributed by atoms with Crippen molar-refractivity contribution in [1.82, 2.24) is 0 Å². The minimum Gasteiger partial charge on any atom is -0.456 e. The maximum absolute atomic E-state index is 12.9. The molecule has 0 radical (unpaired) electrons. The third-order valence-electron chi connectivity index (χ3n) is 3.13. The van der Waals surface area contributed by atoms with Crippen molar-refractivity contribution in [2.45, 2.75) is 38.2 Å². The van der Waals surface area contributed by atoms with Gasteiger partial charge in [0.1, 0.15) is 10.5 Å². The van der Waals surface area contributed by atoms with Gasteiger partial charge in [0.05, 0.1) is 10.8 Å². The van der Waals surface area contributed by atoms with E-state index in [0.29, 0.717) is 4.90 Å². The predicted molar refractivity (Wildman–Crippen MR) is 97.9 cm³/mol. The molecule has 0 amide bonds. The van der Waals surface area contributed by atoms with E-state index in [1.807, 2.05) is 49.4 Å². The minimum atomic E-state index is -1.61. The molecule has 0 heterocycles. The van der Waals surface area contributed by atoms with Crippen LogP contribution < -0.4 is 0 Å². The van der Waals surface area contributed by atoms with Gasteiger partial charge in [-0.05, 0) is 51.5 Å². The number of aryl methyl sites for hydroxylation is 1. The number of carbonyl (C=O) groups excluding carboxylic acids is 1. The van der Waals surface area contributed by atoms with E-state index in [1.165, 1.54) is 0 Å². The molecule has 0 aliphatic heterocycles. The number of carbonyl (C=O) groups is 1. The topological polar surface area (TPSA) is 43.4 Å². The minimum absolute atomic E-state index is 0.139. The predicted octanol–water partition coefficient (Wildman–Crippen LogP) is 4.49. The lowest BCUT2D eigenvalue weighted by Gasteiger charge is -2.20. The van der Waals surface area contributed by atoms with Crippen LogP contribution in [-0.4, -0.2) is 15.8 Å². The van der Waals surface area contributed by atoms with E-state index in [9.17, 15) is 9.00 Å². The second kappa shape index (κ2) is 7.58. The second-order valence-corrected chi connectivity index (χ2v) is 7.95. The smallest absolute Gasteiger partial charge is 0.348 e. The summed E-state index contributed by atoms with van der Waals surface area (Å²) in [6, 6.07) is 16.6. The zero-order valence-corrected chi connectivity index (χ0v) is 15.2. The van der Waals surface area contributed by atoms with Crippen LogP contribution in [0.2, 0.25) is 0 Å². The van der Waals surface area contributed by atoms with Crippen molar-refractivity contribution >= 4 is 22.8 Å². The number of ether oxygens (including phenoxy) is 1. The molecule has 0 aromatic heterocycles. The lowest BCUT2D eigenvalue weighted by molar-refractivity contribution is -0.148. The van der Waals surface area contributed by atoms with E-state index < -0.39 is 22.4 Å². The first-order chi connectivity index (χ1) is 11.3. The summed E-state index contributed by atoms with van der Waals surface area (Å²) in [7, 11) is -1.61. The van der Waals surface area contributed by atoms with E-state index in [1.54, 1.807) is 39.0 Å². The number of hydrogen-bond acceptors (Lipinski definition) is 3. The van der Waals surface area contributed by atoms with Gasteiger partial charge in [0, 0.05) is 4.90 Å². The molecule has 4 heteroatoms. The molecule has 24 heavy (non-hydrogen) atoms. The van der Waals surface area contributed by atoms with Gasteiger partial charge in [0.2, 0.25) is 0 Å². The molecule has 0 N–H and O–H groups in total. The van der Waals surface area contributed by atoms with Crippen molar-refractivity contribution in [1.29, 1.82) is 0 Å². The Bertz CT molecular complexity index is 754. The molecule has 1 unspecified atom stereocenters. The summed E-state index contributed by atoms with van der Waals surface area (Å²) in [5, 5.41) is 0. The Morgan fingerprint density at radius 1 is 1.00 bits per heavy atom. The summed E-state index contributed by atoms with van der Waals surface area (Å²) in [4.78, 5) is 13.3. The first-order valence-corrected chi connectivity index (χ1v) is 8.90. The summed E-state index contributed by atoms with van der Waals surface area (Å²) < 4.78 is 18.4. The Morgan fingerprint density at radius 3 is 2.12 bits per heavy atom. The highest BCUT2D eigenvalue weighted by atomic mass is 32.2. The van der Waals surface area contributed by atoms with Crippen molar-refractivity contribution in [2.24, 2.45) is 0 Å². The van der Waals surface area contributed by atoms with Gasteiger partial charge in [-0.2, -0.15) is 0 Å². The number of esters is 1. The van der Waals surface area contributed by atoms with Gasteiger partial charge in [-0.3, -0.25) is 0 Å². The van der Waals surface area contributed by atoms with Gasteiger partial charge in [-0.25, -0.2) is 9.00 Å². The Kier molecular flexibility index (Phi) is 5.73. The third-order valence-corrected chi connectivity index (χ3v) is 4.52. The Morgan fingerprint density at radius 2 is 1.58 bits per heavy atom. The molecule has 3 nitrogen and oxygen atoms in total. The van der Waals surface area contributed by atoms with Gasteiger partial charge in [-0.15, -0.1) is 0 Å². The molecule has 0 fully saturated rings. The van der Waals surface area contributed by atoms with Crippen LogP contribution in [0, 0.1) is 6.92 Å². The van der Waals surface area contributed by atoms with E-state index in [-0.39, 0.29) is 4.91 Å². The average molecular weight is 342 g/mol. The molecule has 0 bridgehead atoms. The molecule has 0 spiro atoms. The molecule has 2 rings (SSSR count). The Balaban J connectivity index is 2.42. The first kappa shape index (κ1) is 18.1. The molecule has 1 atom stereocenters. The lowest BCUT2D eigenvalue weighted by Crippen LogP contribution is -2.26. The van der Waals surface area contributed by atoms with Crippen LogP contribution in [-0.2, 0) is 20.3 Å². The monoisotopic (exact) mass is 342 g/mol. The van der Waals surface area contributed by atoms with Crippen molar-refractivity contribution in [3.05, 3.63) is 70.6 Å². The van der Waals surface area contributed by atoms with E-state index >= 15 is 0 Å². The number of rotatable bonds is 4. The molecule has 0 saturated carbocycles. The van der Waals surface area contributed by atoms with Gasteiger partial charge in [0.15, 0.2) is 0 Å². The van der Waals surface area contributed by atoms with Gasteiger partial charge < -0.3 is 4.74 Å². The van der Waals surface area contributed by atoms with Crippen LogP contribution in [0.25, 0.3) is 6.08 Å². The molecular weight excluding hydrogens is 320 g/mol. The summed E-state index contributed by atoms with van der Waals surface area (Å²) in [6.45, 7) is 7.33. The zero-order valence-electron chi connectivity index (χ0n) is 14.4. The standard InChI is InChI=1S/C20H22O3S/c1-15-10-12-17(13-11-15)24(22)18(19(21)23-20(2,3)4)14-16-8-6-5-7-9-16/h5-14H,1-4H3/b18-14-. The summed E-state index contributed by atoms with van der Waals surface area (Å²) >= 11 is 0. The Hall–Kier alpha value is -2.20. The van der Waals surface area contributed by atoms with E-state index in [4.69, 9.17) is 4.74 Å². The molecular formula is C20H22O3S. The maximum atomic E-state index is 12.9. The van der Waals surface area contributed by atoms with Gasteiger partial charge in [-0.1, -0.05) is 48.0 Å². The highest BCUT2D eigenvalue weighted by Gasteiger charge is 2.25. The lowest BCUT2D eigenvalue weighted by atomic mass is 10.2. The van der Waals surface area contributed by atoms with Gasteiger partial charge in [0.25, 0.3) is 0 Å². The fraction of sp³-hybridized carbons (Fsp3) is 0.250. The van der Waals surface area contributed by atoms with Crippen LogP contribution in [0.5, 0.6) is 0 Å². The molecule has 0 aliphatic rings. The fourth-order valence-corrected chi connectivity index (χ4v) is 3.08. The van der Waals surface area contributed by atoms with Crippen molar-refractivity contribution in [3.63, 3.8) is 0 Å². The first-order valence-electron chi connectivity index (χ1n) is 7.75. The highest BCUT2D eigenvalue weighted by Crippen LogP contribution is 2.22. The summed E-state index contributed by atoms with van der Waals surface area (Å²) in [6.07, 6.45) is 1.63. The van der Waals surface area contributed by atoms with E-state index in [0.717, 1.165) is 11.1 Å². The van der Waals surface area contributed by atoms with E-state index in [2.05, 4.69) is 0 Å². The summed E-state index contributed by atoms with van der Waals surface area (Å²) in [5.41, 5.74) is 1.23. The molecule has 2 aromatic rings. The summed E-state index contributed by atoms with van der Waals surface area (Å²) in [5.74, 6) is -0.565. The second-order valence-electron chi connectivity index (χ2n) is 6.50. The molecule has 2 aromatic carbocycles. The quantitative estimate of drug-likeness (QED) is 0.607. The third kappa shape index (κ3) is 5.17. The van der Waals surface area contributed by atoms with Crippen LogP contribution in [0.15, 0.2) is 64.4 Å². The molecule has 0 aliphatic carbocycles. The SMILES string of the molecule is Cc1ccc(S(=O)/C(=C\c2ccccc2)C(=O)OC(C)(C)C)cc1. The zero-order chi connectivity index (χ0) is 17.7. The normalized spacial score (nSPS) is 13.4.